The molecule has 3 N–H and O–H groups in total. The number of non-ortho nitro benzene ring substituents is 1. The van der Waals surface area contributed by atoms with Gasteiger partial charge < -0.3 is 11.1 Å². The zero-order chi connectivity index (χ0) is 15.2. The van der Waals surface area contributed by atoms with Crippen LogP contribution in [0.1, 0.15) is 5.56 Å². The Hall–Kier alpha value is -3.22. The molecule has 0 unspecified atom stereocenters. The zero-order valence-electron chi connectivity index (χ0n) is 10.9. The van der Waals surface area contributed by atoms with Gasteiger partial charge in [-0.25, -0.2) is 4.98 Å². The number of amides is 1. The van der Waals surface area contributed by atoms with Crippen molar-refractivity contribution in [3.8, 4) is 0 Å². The lowest BCUT2D eigenvalue weighted by Crippen LogP contribution is -2.08. The van der Waals surface area contributed by atoms with Gasteiger partial charge in [0.1, 0.15) is 5.82 Å². The van der Waals surface area contributed by atoms with E-state index in [1.807, 2.05) is 0 Å². The molecule has 1 aromatic heterocycles. The number of nitrogen functional groups attached to an aromatic ring is 1. The zero-order valence-corrected chi connectivity index (χ0v) is 10.9. The highest BCUT2D eigenvalue weighted by Crippen LogP contribution is 2.13. The fourth-order valence-corrected chi connectivity index (χ4v) is 1.54. The number of rotatable bonds is 4. The second-order valence-electron chi connectivity index (χ2n) is 4.14. The molecule has 1 heterocycles. The third-order valence-electron chi connectivity index (χ3n) is 2.58. The molecule has 0 atom stereocenters. The van der Waals surface area contributed by atoms with Gasteiger partial charge in [-0.05, 0) is 35.9 Å². The van der Waals surface area contributed by atoms with E-state index < -0.39 is 4.92 Å². The molecule has 106 valence electrons. The molecule has 21 heavy (non-hydrogen) atoms. The number of carbonyl (C=O) groups is 1. The summed E-state index contributed by atoms with van der Waals surface area (Å²) in [6.07, 6.45) is 4.34. The monoisotopic (exact) mass is 284 g/mol. The van der Waals surface area contributed by atoms with Gasteiger partial charge in [0, 0.05) is 18.2 Å². The number of anilines is 2. The molecule has 0 fully saturated rings. The highest BCUT2D eigenvalue weighted by atomic mass is 16.6. The third kappa shape index (κ3) is 4.13. The first-order valence-corrected chi connectivity index (χ1v) is 5.99. The molecule has 1 aromatic carbocycles. The Kier molecular flexibility index (Phi) is 4.25. The molecule has 0 spiro atoms. The first-order chi connectivity index (χ1) is 10.0. The number of aromatic nitrogens is 1. The van der Waals surface area contributed by atoms with E-state index in [-0.39, 0.29) is 11.6 Å². The molecule has 0 aliphatic rings. The van der Waals surface area contributed by atoms with E-state index in [1.54, 1.807) is 30.3 Å². The van der Waals surface area contributed by atoms with E-state index in [9.17, 15) is 14.9 Å². The minimum absolute atomic E-state index is 0.00421. The predicted octanol–water partition coefficient (Wildman–Crippen LogP) is 2.22. The molecular formula is C14H12N4O3. The average Bonchev–Trinajstić information content (AvgIpc) is 2.48. The van der Waals surface area contributed by atoms with Gasteiger partial charge in [0.2, 0.25) is 5.91 Å². The summed E-state index contributed by atoms with van der Waals surface area (Å²) < 4.78 is 0. The van der Waals surface area contributed by atoms with E-state index in [2.05, 4.69) is 10.3 Å². The van der Waals surface area contributed by atoms with E-state index in [0.717, 1.165) is 0 Å². The van der Waals surface area contributed by atoms with Crippen LogP contribution in [-0.2, 0) is 4.79 Å². The lowest BCUT2D eigenvalue weighted by molar-refractivity contribution is -0.384. The second kappa shape index (κ2) is 6.29. The van der Waals surface area contributed by atoms with Crippen LogP contribution in [0.5, 0.6) is 0 Å². The van der Waals surface area contributed by atoms with Crippen LogP contribution in [-0.4, -0.2) is 15.8 Å². The summed E-state index contributed by atoms with van der Waals surface area (Å²) in [5, 5.41) is 13.1. The van der Waals surface area contributed by atoms with Gasteiger partial charge in [0.15, 0.2) is 0 Å². The molecule has 7 nitrogen and oxygen atoms in total. The average molecular weight is 284 g/mol. The number of nitrogens with one attached hydrogen (secondary N) is 1. The summed E-state index contributed by atoms with van der Waals surface area (Å²) in [4.78, 5) is 25.6. The SMILES string of the molecule is Nc1ccc(NC(=O)C=Cc2ccc([N+](=O)[O-])cc2)cn1. The molecule has 1 amide bonds. The van der Waals surface area contributed by atoms with Crippen LogP contribution in [0.15, 0.2) is 48.7 Å². The Morgan fingerprint density at radius 2 is 1.95 bits per heavy atom. The van der Waals surface area contributed by atoms with E-state index in [0.29, 0.717) is 17.1 Å². The van der Waals surface area contributed by atoms with Crippen LogP contribution >= 0.6 is 0 Å². The molecule has 0 bridgehead atoms. The van der Waals surface area contributed by atoms with Crippen molar-refractivity contribution in [3.05, 3.63) is 64.3 Å². The first-order valence-electron chi connectivity index (χ1n) is 5.99. The second-order valence-corrected chi connectivity index (χ2v) is 4.14. The van der Waals surface area contributed by atoms with Crippen LogP contribution in [0, 0.1) is 10.1 Å². The molecule has 0 aliphatic carbocycles. The van der Waals surface area contributed by atoms with Gasteiger partial charge in [-0.15, -0.1) is 0 Å². The Morgan fingerprint density at radius 3 is 2.52 bits per heavy atom. The minimum Gasteiger partial charge on any atom is -0.384 e. The summed E-state index contributed by atoms with van der Waals surface area (Å²) in [7, 11) is 0. The van der Waals surface area contributed by atoms with Crippen molar-refractivity contribution in [1.82, 2.24) is 4.98 Å². The quantitative estimate of drug-likeness (QED) is 0.508. The van der Waals surface area contributed by atoms with E-state index in [4.69, 9.17) is 5.73 Å². The standard InChI is InChI=1S/C14H12N4O3/c15-13-7-4-11(9-16-13)17-14(19)8-3-10-1-5-12(6-2-10)18(20)21/h1-9H,(H2,15,16)(H,17,19). The van der Waals surface area contributed by atoms with Crippen molar-refractivity contribution >= 4 is 29.2 Å². The third-order valence-corrected chi connectivity index (χ3v) is 2.58. The van der Waals surface area contributed by atoms with Crippen LogP contribution in [0.4, 0.5) is 17.2 Å². The fraction of sp³-hybridized carbons (Fsp3) is 0. The lowest BCUT2D eigenvalue weighted by atomic mass is 10.2. The molecular weight excluding hydrogens is 272 g/mol. The molecule has 2 rings (SSSR count). The number of hydrogen-bond donors (Lipinski definition) is 2. The van der Waals surface area contributed by atoms with Gasteiger partial charge in [-0.2, -0.15) is 0 Å². The van der Waals surface area contributed by atoms with Crippen molar-refractivity contribution < 1.29 is 9.72 Å². The summed E-state index contributed by atoms with van der Waals surface area (Å²) in [5.41, 5.74) is 6.66. The number of nitro groups is 1. The number of benzene rings is 1. The maximum absolute atomic E-state index is 11.7. The van der Waals surface area contributed by atoms with Crippen LogP contribution in [0.3, 0.4) is 0 Å². The minimum atomic E-state index is -0.478. The highest BCUT2D eigenvalue weighted by molar-refractivity contribution is 6.01. The van der Waals surface area contributed by atoms with E-state index in [1.165, 1.54) is 24.4 Å². The maximum Gasteiger partial charge on any atom is 0.269 e. The number of nitrogens with two attached hydrogens (primary N) is 1. The molecule has 2 aromatic rings. The Balaban J connectivity index is 1.98. The number of carbonyl (C=O) groups excluding carboxylic acids is 1. The lowest BCUT2D eigenvalue weighted by Gasteiger charge is -2.01. The topological polar surface area (TPSA) is 111 Å². The molecule has 0 saturated heterocycles. The molecule has 0 saturated carbocycles. The number of hydrogen-bond acceptors (Lipinski definition) is 5. The number of nitro benzene ring substituents is 1. The van der Waals surface area contributed by atoms with Crippen LogP contribution in [0.2, 0.25) is 0 Å². The van der Waals surface area contributed by atoms with Crippen molar-refractivity contribution in [2.45, 2.75) is 0 Å². The van der Waals surface area contributed by atoms with Crippen molar-refractivity contribution in [2.24, 2.45) is 0 Å². The first kappa shape index (κ1) is 14.2. The van der Waals surface area contributed by atoms with Gasteiger partial charge in [0.25, 0.3) is 5.69 Å². The summed E-state index contributed by atoms with van der Waals surface area (Å²) in [6, 6.07) is 9.10. The van der Waals surface area contributed by atoms with Crippen molar-refractivity contribution in [1.29, 1.82) is 0 Å². The van der Waals surface area contributed by atoms with Crippen LogP contribution in [0.25, 0.3) is 6.08 Å². The smallest absolute Gasteiger partial charge is 0.269 e. The molecule has 0 aliphatic heterocycles. The Labute approximate surface area is 120 Å². The van der Waals surface area contributed by atoms with Gasteiger partial charge in [-0.1, -0.05) is 0 Å². The summed E-state index contributed by atoms with van der Waals surface area (Å²) in [6.45, 7) is 0. The Bertz CT molecular complexity index is 678. The normalized spacial score (nSPS) is 10.5. The number of nitrogens with zero attached hydrogens (tertiary/aromatic N) is 2. The Morgan fingerprint density at radius 1 is 1.24 bits per heavy atom. The van der Waals surface area contributed by atoms with E-state index >= 15 is 0 Å². The number of pyridine rings is 1. The molecule has 0 radical (unpaired) electrons. The van der Waals surface area contributed by atoms with Crippen molar-refractivity contribution in [2.75, 3.05) is 11.1 Å². The highest BCUT2D eigenvalue weighted by Gasteiger charge is 2.03. The predicted molar refractivity (Wildman–Crippen MR) is 79.4 cm³/mol. The van der Waals surface area contributed by atoms with Gasteiger partial charge >= 0.3 is 0 Å². The molecule has 7 heteroatoms. The van der Waals surface area contributed by atoms with Gasteiger partial charge in [-0.3, -0.25) is 14.9 Å². The maximum atomic E-state index is 11.7. The largest absolute Gasteiger partial charge is 0.384 e. The van der Waals surface area contributed by atoms with Crippen LogP contribution < -0.4 is 11.1 Å². The summed E-state index contributed by atoms with van der Waals surface area (Å²) >= 11 is 0. The fourth-order valence-electron chi connectivity index (χ4n) is 1.54. The summed E-state index contributed by atoms with van der Waals surface area (Å²) in [5.74, 6) is 0.0364. The van der Waals surface area contributed by atoms with Gasteiger partial charge in [0.05, 0.1) is 16.8 Å². The van der Waals surface area contributed by atoms with Crippen molar-refractivity contribution in [3.63, 3.8) is 0 Å².